The molecule has 0 bridgehead atoms. The number of rotatable bonds is 7. The highest BCUT2D eigenvalue weighted by Crippen LogP contribution is 2.21. The first-order chi connectivity index (χ1) is 18.0. The quantitative estimate of drug-likeness (QED) is 0.323. The van der Waals surface area contributed by atoms with Crippen LogP contribution in [0.25, 0.3) is 16.8 Å². The molecule has 2 amide bonds. The van der Waals surface area contributed by atoms with Gasteiger partial charge in [-0.15, -0.1) is 5.10 Å². The van der Waals surface area contributed by atoms with Crippen molar-refractivity contribution in [3.8, 4) is 11.1 Å². The minimum absolute atomic E-state index is 0.128. The number of hydrogen-bond donors (Lipinski definition) is 2. The number of pyridine rings is 1. The van der Waals surface area contributed by atoms with Crippen molar-refractivity contribution in [2.24, 2.45) is 0 Å². The number of fused-ring (bicyclic) bond motifs is 1. The van der Waals surface area contributed by atoms with Gasteiger partial charge < -0.3 is 10.1 Å². The summed E-state index contributed by atoms with van der Waals surface area (Å²) in [5, 5.41) is 9.67. The number of nitrogens with one attached hydrogen (secondary N) is 2. The van der Waals surface area contributed by atoms with Gasteiger partial charge >= 0.3 is 6.09 Å². The minimum atomic E-state index is -0.645. The Balaban J connectivity index is 1.20. The molecule has 0 aliphatic rings. The largest absolute Gasteiger partial charge is 0.444 e. The van der Waals surface area contributed by atoms with Gasteiger partial charge in [-0.1, -0.05) is 54.6 Å². The summed E-state index contributed by atoms with van der Waals surface area (Å²) in [6.45, 7) is 0.449. The number of carbonyl (C=O) groups excluding carboxylic acids is 2. The molecule has 0 spiro atoms. The maximum Gasteiger partial charge on any atom is 0.414 e. The predicted octanol–water partition coefficient (Wildman–Crippen LogP) is 5.21. The second kappa shape index (κ2) is 10.7. The van der Waals surface area contributed by atoms with Crippen molar-refractivity contribution >= 4 is 23.6 Å². The molecular formula is C28H22FN5O3. The first-order valence-electron chi connectivity index (χ1n) is 11.5. The van der Waals surface area contributed by atoms with Gasteiger partial charge in [0.15, 0.2) is 5.65 Å². The second-order valence-corrected chi connectivity index (χ2v) is 8.23. The van der Waals surface area contributed by atoms with Crippen LogP contribution in [0.1, 0.15) is 21.5 Å². The van der Waals surface area contributed by atoms with Crippen molar-refractivity contribution in [1.82, 2.24) is 19.9 Å². The number of hydrogen-bond acceptors (Lipinski definition) is 5. The third-order valence-corrected chi connectivity index (χ3v) is 5.60. The van der Waals surface area contributed by atoms with Crippen LogP contribution in [-0.4, -0.2) is 26.6 Å². The number of nitrogens with zero attached hydrogens (tertiary/aromatic N) is 3. The maximum absolute atomic E-state index is 13.0. The van der Waals surface area contributed by atoms with Gasteiger partial charge in [0.25, 0.3) is 11.9 Å². The van der Waals surface area contributed by atoms with E-state index < -0.39 is 6.09 Å². The van der Waals surface area contributed by atoms with Crippen molar-refractivity contribution < 1.29 is 18.7 Å². The van der Waals surface area contributed by atoms with E-state index in [4.69, 9.17) is 4.74 Å². The summed E-state index contributed by atoms with van der Waals surface area (Å²) in [5.74, 6) is -0.413. The summed E-state index contributed by atoms with van der Waals surface area (Å²) in [4.78, 5) is 28.9. The van der Waals surface area contributed by atoms with Crippen molar-refractivity contribution in [3.63, 3.8) is 0 Å². The highest BCUT2D eigenvalue weighted by Gasteiger charge is 2.11. The molecule has 9 heteroatoms. The van der Waals surface area contributed by atoms with Crippen LogP contribution in [0.2, 0.25) is 0 Å². The number of amides is 2. The number of anilines is 1. The van der Waals surface area contributed by atoms with E-state index in [2.05, 4.69) is 20.7 Å². The molecule has 37 heavy (non-hydrogen) atoms. The minimum Gasteiger partial charge on any atom is -0.444 e. The van der Waals surface area contributed by atoms with E-state index in [1.165, 1.54) is 12.1 Å². The topological polar surface area (TPSA) is 97.6 Å². The molecule has 0 aliphatic heterocycles. The Morgan fingerprint density at radius 2 is 1.57 bits per heavy atom. The van der Waals surface area contributed by atoms with Gasteiger partial charge in [-0.05, 0) is 53.1 Å². The lowest BCUT2D eigenvalue weighted by atomic mass is 10.1. The number of aromatic nitrogens is 3. The lowest BCUT2D eigenvalue weighted by molar-refractivity contribution is 0.0951. The smallest absolute Gasteiger partial charge is 0.414 e. The van der Waals surface area contributed by atoms with Crippen molar-refractivity contribution in [3.05, 3.63) is 120 Å². The third kappa shape index (κ3) is 5.96. The van der Waals surface area contributed by atoms with Crippen LogP contribution in [0, 0.1) is 5.82 Å². The first kappa shape index (κ1) is 23.7. The molecular weight excluding hydrogens is 473 g/mol. The number of halogens is 1. The number of ether oxygens (including phenoxy) is 1. The Morgan fingerprint density at radius 1 is 0.838 bits per heavy atom. The second-order valence-electron chi connectivity index (χ2n) is 8.23. The molecule has 0 unspecified atom stereocenters. The van der Waals surface area contributed by atoms with Gasteiger partial charge in [-0.3, -0.25) is 10.1 Å². The average Bonchev–Trinajstić information content (AvgIpc) is 3.33. The summed E-state index contributed by atoms with van der Waals surface area (Å²) in [5.41, 5.74) is 4.48. The Hall–Kier alpha value is -5.05. The average molecular weight is 496 g/mol. The van der Waals surface area contributed by atoms with E-state index >= 15 is 0 Å². The molecule has 2 heterocycles. The van der Waals surface area contributed by atoms with Gasteiger partial charge in [-0.2, -0.15) is 4.98 Å². The number of benzene rings is 3. The van der Waals surface area contributed by atoms with Gasteiger partial charge in [0.1, 0.15) is 12.4 Å². The fraction of sp³-hybridized carbons (Fsp3) is 0.0714. The van der Waals surface area contributed by atoms with Crippen molar-refractivity contribution in [2.75, 3.05) is 5.32 Å². The summed E-state index contributed by atoms with van der Waals surface area (Å²) in [6.07, 6.45) is 1.14. The third-order valence-electron chi connectivity index (χ3n) is 5.60. The highest BCUT2D eigenvalue weighted by atomic mass is 19.1. The maximum atomic E-state index is 13.0. The zero-order valence-electron chi connectivity index (χ0n) is 19.6. The van der Waals surface area contributed by atoms with E-state index in [0.717, 1.165) is 22.3 Å². The van der Waals surface area contributed by atoms with Crippen LogP contribution in [-0.2, 0) is 17.9 Å². The molecule has 2 aromatic heterocycles. The Bertz CT molecular complexity index is 1530. The fourth-order valence-corrected chi connectivity index (χ4v) is 3.66. The Kier molecular flexibility index (Phi) is 6.84. The van der Waals surface area contributed by atoms with Crippen molar-refractivity contribution in [1.29, 1.82) is 0 Å². The lowest BCUT2D eigenvalue weighted by Crippen LogP contribution is -2.22. The molecule has 0 atom stereocenters. The van der Waals surface area contributed by atoms with Crippen LogP contribution in [0.3, 0.4) is 0 Å². The number of carbonyl (C=O) groups is 2. The summed E-state index contributed by atoms with van der Waals surface area (Å²) >= 11 is 0. The monoisotopic (exact) mass is 495 g/mol. The van der Waals surface area contributed by atoms with E-state index in [1.807, 2.05) is 48.5 Å². The molecule has 0 saturated carbocycles. The van der Waals surface area contributed by atoms with Crippen molar-refractivity contribution in [2.45, 2.75) is 13.2 Å². The standard InChI is InChI=1S/C28H22FN5O3/c29-24-13-6-19(7-14-24)16-30-26(35)22-10-8-21(9-11-22)23-12-15-25-31-27(33-34(25)17-23)32-28(36)37-18-20-4-2-1-3-5-20/h1-15,17H,16,18H2,(H,30,35)(H,32,33,36). The molecule has 0 fully saturated rings. The van der Waals surface area contributed by atoms with E-state index in [0.29, 0.717) is 17.8 Å². The summed E-state index contributed by atoms with van der Waals surface area (Å²) in [7, 11) is 0. The predicted molar refractivity (Wildman–Crippen MR) is 136 cm³/mol. The van der Waals surface area contributed by atoms with Crippen LogP contribution in [0.15, 0.2) is 97.2 Å². The van der Waals surface area contributed by atoms with Gasteiger partial charge in [0.05, 0.1) is 0 Å². The summed E-state index contributed by atoms with van der Waals surface area (Å²) < 4.78 is 19.8. The molecule has 0 aliphatic carbocycles. The van der Waals surface area contributed by atoms with E-state index in [-0.39, 0.29) is 24.3 Å². The molecule has 0 radical (unpaired) electrons. The molecule has 5 aromatic rings. The van der Waals surface area contributed by atoms with Gasteiger partial charge in [-0.25, -0.2) is 13.7 Å². The Morgan fingerprint density at radius 3 is 2.32 bits per heavy atom. The van der Waals surface area contributed by atoms with Gasteiger partial charge in [0, 0.05) is 23.9 Å². The lowest BCUT2D eigenvalue weighted by Gasteiger charge is -2.07. The molecule has 5 rings (SSSR count). The summed E-state index contributed by atoms with van der Waals surface area (Å²) in [6, 6.07) is 26.2. The molecule has 3 aromatic carbocycles. The van der Waals surface area contributed by atoms with E-state index in [9.17, 15) is 14.0 Å². The zero-order chi connectivity index (χ0) is 25.6. The zero-order valence-corrected chi connectivity index (χ0v) is 19.6. The van der Waals surface area contributed by atoms with Crippen LogP contribution in [0.4, 0.5) is 15.1 Å². The Labute approximate surface area is 211 Å². The molecule has 2 N–H and O–H groups in total. The first-order valence-corrected chi connectivity index (χ1v) is 11.5. The highest BCUT2D eigenvalue weighted by molar-refractivity contribution is 5.94. The van der Waals surface area contributed by atoms with E-state index in [1.54, 1.807) is 41.0 Å². The normalized spacial score (nSPS) is 10.7. The molecule has 8 nitrogen and oxygen atoms in total. The molecule has 184 valence electrons. The van der Waals surface area contributed by atoms with Gasteiger partial charge in [0.2, 0.25) is 0 Å². The SMILES string of the molecule is O=C(Nc1nc2ccc(-c3ccc(C(=O)NCc4ccc(F)cc4)cc3)cn2n1)OCc1ccccc1. The fourth-order valence-electron chi connectivity index (χ4n) is 3.66. The van der Waals surface area contributed by atoms with Crippen LogP contribution in [0.5, 0.6) is 0 Å². The van der Waals surface area contributed by atoms with Crippen LogP contribution < -0.4 is 10.6 Å². The molecule has 0 saturated heterocycles. The van der Waals surface area contributed by atoms with Crippen LogP contribution >= 0.6 is 0 Å².